The van der Waals surface area contributed by atoms with Crippen LogP contribution in [-0.4, -0.2) is 17.8 Å². The smallest absolute Gasteiger partial charge is 0.251 e. The van der Waals surface area contributed by atoms with Crippen molar-refractivity contribution in [1.29, 1.82) is 0 Å². The first-order chi connectivity index (χ1) is 6.29. The minimum absolute atomic E-state index is 0.0528. The van der Waals surface area contributed by atoms with E-state index in [4.69, 9.17) is 16.3 Å². The molecule has 70 valence electrons. The maximum absolute atomic E-state index is 11.4. The SMILES string of the molecule is O=c1cccc(Cl)n1C1CCOC1. The highest BCUT2D eigenvalue weighted by Gasteiger charge is 2.19. The van der Waals surface area contributed by atoms with Crippen LogP contribution in [0.5, 0.6) is 0 Å². The van der Waals surface area contributed by atoms with Crippen molar-refractivity contribution in [1.82, 2.24) is 4.57 Å². The van der Waals surface area contributed by atoms with Gasteiger partial charge in [-0.05, 0) is 12.5 Å². The van der Waals surface area contributed by atoms with Crippen molar-refractivity contribution in [3.8, 4) is 0 Å². The maximum atomic E-state index is 11.4. The normalized spacial score (nSPS) is 22.1. The third-order valence-electron chi connectivity index (χ3n) is 2.21. The predicted molar refractivity (Wildman–Crippen MR) is 50.2 cm³/mol. The van der Waals surface area contributed by atoms with Crippen molar-refractivity contribution in [2.45, 2.75) is 12.5 Å². The molecule has 1 aliphatic heterocycles. The summed E-state index contributed by atoms with van der Waals surface area (Å²) in [4.78, 5) is 11.4. The molecule has 2 rings (SSSR count). The summed E-state index contributed by atoms with van der Waals surface area (Å²) in [6, 6.07) is 5.02. The Morgan fingerprint density at radius 2 is 2.38 bits per heavy atom. The van der Waals surface area contributed by atoms with Gasteiger partial charge in [0.1, 0.15) is 5.15 Å². The van der Waals surface area contributed by atoms with E-state index in [2.05, 4.69) is 0 Å². The van der Waals surface area contributed by atoms with Crippen LogP contribution in [0.3, 0.4) is 0 Å². The summed E-state index contributed by atoms with van der Waals surface area (Å²) in [7, 11) is 0. The number of hydrogen-bond donors (Lipinski definition) is 0. The molecule has 1 aliphatic rings. The van der Waals surface area contributed by atoms with E-state index in [9.17, 15) is 4.79 Å². The molecular formula is C9H10ClNO2. The summed E-state index contributed by atoms with van der Waals surface area (Å²) in [6.07, 6.45) is 0.865. The lowest BCUT2D eigenvalue weighted by Gasteiger charge is -2.13. The van der Waals surface area contributed by atoms with Crippen molar-refractivity contribution in [3.63, 3.8) is 0 Å². The van der Waals surface area contributed by atoms with Crippen molar-refractivity contribution < 1.29 is 4.74 Å². The van der Waals surface area contributed by atoms with E-state index in [1.165, 1.54) is 6.07 Å². The standard InChI is InChI=1S/C9H10ClNO2/c10-8-2-1-3-9(12)11(8)7-4-5-13-6-7/h1-3,7H,4-6H2. The molecule has 0 N–H and O–H groups in total. The van der Waals surface area contributed by atoms with E-state index < -0.39 is 0 Å². The molecule has 0 saturated carbocycles. The topological polar surface area (TPSA) is 31.2 Å². The molecule has 0 radical (unpaired) electrons. The largest absolute Gasteiger partial charge is 0.379 e. The minimum Gasteiger partial charge on any atom is -0.379 e. The highest BCUT2D eigenvalue weighted by Crippen LogP contribution is 2.20. The molecule has 2 heterocycles. The molecule has 0 bridgehead atoms. The summed E-state index contributed by atoms with van der Waals surface area (Å²) in [5, 5.41) is 0.489. The van der Waals surface area contributed by atoms with Crippen molar-refractivity contribution in [2.75, 3.05) is 13.2 Å². The van der Waals surface area contributed by atoms with Gasteiger partial charge < -0.3 is 4.74 Å². The number of pyridine rings is 1. The maximum Gasteiger partial charge on any atom is 0.251 e. The van der Waals surface area contributed by atoms with E-state index in [1.54, 1.807) is 16.7 Å². The van der Waals surface area contributed by atoms with Crippen LogP contribution in [0.4, 0.5) is 0 Å². The minimum atomic E-state index is -0.0528. The monoisotopic (exact) mass is 199 g/mol. The highest BCUT2D eigenvalue weighted by molar-refractivity contribution is 6.29. The first-order valence-corrected chi connectivity index (χ1v) is 4.61. The molecular weight excluding hydrogens is 190 g/mol. The molecule has 1 aromatic heterocycles. The van der Waals surface area contributed by atoms with Gasteiger partial charge >= 0.3 is 0 Å². The number of ether oxygens (including phenoxy) is 1. The second-order valence-electron chi connectivity index (χ2n) is 3.07. The molecule has 1 saturated heterocycles. The Balaban J connectivity index is 2.43. The molecule has 0 aromatic carbocycles. The van der Waals surface area contributed by atoms with Crippen molar-refractivity contribution in [3.05, 3.63) is 33.7 Å². The van der Waals surface area contributed by atoms with Gasteiger partial charge in [-0.25, -0.2) is 0 Å². The zero-order chi connectivity index (χ0) is 9.26. The second-order valence-corrected chi connectivity index (χ2v) is 3.46. The lowest BCUT2D eigenvalue weighted by molar-refractivity contribution is 0.186. The summed E-state index contributed by atoms with van der Waals surface area (Å²) in [6.45, 7) is 1.30. The lowest BCUT2D eigenvalue weighted by atomic mass is 10.2. The Labute approximate surface area is 80.9 Å². The Kier molecular flexibility index (Phi) is 2.38. The zero-order valence-corrected chi connectivity index (χ0v) is 7.83. The first kappa shape index (κ1) is 8.78. The fourth-order valence-corrected chi connectivity index (χ4v) is 1.85. The number of aromatic nitrogens is 1. The zero-order valence-electron chi connectivity index (χ0n) is 7.07. The Morgan fingerprint density at radius 3 is 3.00 bits per heavy atom. The number of halogens is 1. The third kappa shape index (κ3) is 1.62. The molecule has 13 heavy (non-hydrogen) atoms. The van der Waals surface area contributed by atoms with Gasteiger partial charge in [-0.15, -0.1) is 0 Å². The molecule has 0 spiro atoms. The predicted octanol–water partition coefficient (Wildman–Crippen LogP) is 1.46. The molecule has 4 heteroatoms. The van der Waals surface area contributed by atoms with Crippen LogP contribution < -0.4 is 5.56 Å². The number of rotatable bonds is 1. The van der Waals surface area contributed by atoms with Crippen LogP contribution in [0.15, 0.2) is 23.0 Å². The van der Waals surface area contributed by atoms with Gasteiger partial charge in [0.05, 0.1) is 12.6 Å². The molecule has 3 nitrogen and oxygen atoms in total. The summed E-state index contributed by atoms with van der Waals surface area (Å²) < 4.78 is 6.79. The first-order valence-electron chi connectivity index (χ1n) is 4.24. The van der Waals surface area contributed by atoms with Crippen LogP contribution in [0.25, 0.3) is 0 Å². The highest BCUT2D eigenvalue weighted by atomic mass is 35.5. The Hall–Kier alpha value is -0.800. The van der Waals surface area contributed by atoms with Gasteiger partial charge in [0.2, 0.25) is 0 Å². The quantitative estimate of drug-likeness (QED) is 0.642. The summed E-state index contributed by atoms with van der Waals surface area (Å²) in [5.74, 6) is 0. The third-order valence-corrected chi connectivity index (χ3v) is 2.52. The van der Waals surface area contributed by atoms with Gasteiger partial charge in [-0.1, -0.05) is 17.7 Å². The summed E-state index contributed by atoms with van der Waals surface area (Å²) >= 11 is 5.92. The van der Waals surface area contributed by atoms with E-state index in [1.807, 2.05) is 0 Å². The second kappa shape index (κ2) is 3.52. The average molecular weight is 200 g/mol. The van der Waals surface area contributed by atoms with Crippen LogP contribution in [0.2, 0.25) is 5.15 Å². The van der Waals surface area contributed by atoms with Crippen LogP contribution >= 0.6 is 11.6 Å². The molecule has 0 amide bonds. The molecule has 1 unspecified atom stereocenters. The Morgan fingerprint density at radius 1 is 1.54 bits per heavy atom. The van der Waals surface area contributed by atoms with Gasteiger partial charge in [0.25, 0.3) is 5.56 Å². The fourth-order valence-electron chi connectivity index (χ4n) is 1.56. The van der Waals surface area contributed by atoms with E-state index >= 15 is 0 Å². The van der Waals surface area contributed by atoms with E-state index in [-0.39, 0.29) is 11.6 Å². The van der Waals surface area contributed by atoms with E-state index in [0.717, 1.165) is 6.42 Å². The van der Waals surface area contributed by atoms with Gasteiger partial charge in [0.15, 0.2) is 0 Å². The summed E-state index contributed by atoms with van der Waals surface area (Å²) in [5.41, 5.74) is -0.0528. The lowest BCUT2D eigenvalue weighted by Crippen LogP contribution is -2.24. The fraction of sp³-hybridized carbons (Fsp3) is 0.444. The number of hydrogen-bond acceptors (Lipinski definition) is 2. The van der Waals surface area contributed by atoms with Crippen molar-refractivity contribution in [2.24, 2.45) is 0 Å². The van der Waals surface area contributed by atoms with Gasteiger partial charge in [-0.2, -0.15) is 0 Å². The molecule has 0 aliphatic carbocycles. The molecule has 1 atom stereocenters. The average Bonchev–Trinajstić information content (AvgIpc) is 2.57. The van der Waals surface area contributed by atoms with Crippen LogP contribution in [0.1, 0.15) is 12.5 Å². The van der Waals surface area contributed by atoms with E-state index in [0.29, 0.717) is 18.4 Å². The van der Waals surface area contributed by atoms with Crippen molar-refractivity contribution >= 4 is 11.6 Å². The van der Waals surface area contributed by atoms with Crippen LogP contribution in [-0.2, 0) is 4.74 Å². The molecule has 1 fully saturated rings. The van der Waals surface area contributed by atoms with Crippen LogP contribution in [0, 0.1) is 0 Å². The Bertz CT molecular complexity index is 355. The number of nitrogens with zero attached hydrogens (tertiary/aromatic N) is 1. The van der Waals surface area contributed by atoms with Gasteiger partial charge in [-0.3, -0.25) is 9.36 Å². The molecule has 1 aromatic rings. The van der Waals surface area contributed by atoms with Gasteiger partial charge in [0, 0.05) is 12.7 Å².